The van der Waals surface area contributed by atoms with E-state index in [9.17, 15) is 4.79 Å². The van der Waals surface area contributed by atoms with Crippen molar-refractivity contribution in [2.24, 2.45) is 11.8 Å². The average Bonchev–Trinajstić information content (AvgIpc) is 2.64. The van der Waals surface area contributed by atoms with Gasteiger partial charge in [0.2, 0.25) is 5.91 Å². The molecule has 70 valence electrons. The molecule has 0 aromatic heterocycles. The molecule has 1 aliphatic rings. The Kier molecular flexibility index (Phi) is 2.99. The number of amides is 1. The monoisotopic (exact) mass is 189 g/mol. The van der Waals surface area contributed by atoms with Gasteiger partial charge in [-0.15, -0.1) is 11.6 Å². The number of hydrogen-bond donors (Lipinski definition) is 0. The zero-order valence-electron chi connectivity index (χ0n) is 7.88. The van der Waals surface area contributed by atoms with E-state index in [0.717, 1.165) is 18.4 Å². The van der Waals surface area contributed by atoms with Crippen molar-refractivity contribution in [2.75, 3.05) is 13.6 Å². The van der Waals surface area contributed by atoms with Crippen molar-refractivity contribution in [1.82, 2.24) is 4.90 Å². The quantitative estimate of drug-likeness (QED) is 0.620. The molecule has 1 rings (SSSR count). The molecular formula is C9H16ClNO. The third-order valence-electron chi connectivity index (χ3n) is 2.50. The number of hydrogen-bond acceptors (Lipinski definition) is 1. The normalized spacial score (nSPS) is 29.7. The molecular weight excluding hydrogens is 174 g/mol. The maximum atomic E-state index is 11.3. The highest BCUT2D eigenvalue weighted by atomic mass is 35.5. The summed E-state index contributed by atoms with van der Waals surface area (Å²) < 4.78 is 0. The third kappa shape index (κ3) is 2.37. The van der Waals surface area contributed by atoms with E-state index in [1.807, 2.05) is 7.05 Å². The van der Waals surface area contributed by atoms with Crippen molar-refractivity contribution >= 4 is 17.5 Å². The van der Waals surface area contributed by atoms with E-state index in [4.69, 9.17) is 11.6 Å². The van der Waals surface area contributed by atoms with Crippen LogP contribution in [0, 0.1) is 11.8 Å². The van der Waals surface area contributed by atoms with Crippen molar-refractivity contribution in [3.8, 4) is 0 Å². The van der Waals surface area contributed by atoms with E-state index in [0.29, 0.717) is 0 Å². The number of carbonyl (C=O) groups is 1. The zero-order valence-corrected chi connectivity index (χ0v) is 8.64. The summed E-state index contributed by atoms with van der Waals surface area (Å²) >= 11 is 5.67. The molecule has 0 N–H and O–H groups in total. The summed E-state index contributed by atoms with van der Waals surface area (Å²) in [5.41, 5.74) is 0. The second-order valence-corrected chi connectivity index (χ2v) is 4.46. The number of rotatable bonds is 3. The molecule has 3 heteroatoms. The van der Waals surface area contributed by atoms with Gasteiger partial charge in [0, 0.05) is 13.6 Å². The summed E-state index contributed by atoms with van der Waals surface area (Å²) in [5.74, 6) is 1.55. The van der Waals surface area contributed by atoms with Crippen LogP contribution >= 0.6 is 11.6 Å². The molecule has 0 bridgehead atoms. The first-order valence-electron chi connectivity index (χ1n) is 4.41. The Morgan fingerprint density at radius 1 is 1.75 bits per heavy atom. The largest absolute Gasteiger partial charge is 0.344 e. The molecule has 3 atom stereocenters. The van der Waals surface area contributed by atoms with E-state index in [1.165, 1.54) is 6.42 Å². The van der Waals surface area contributed by atoms with Gasteiger partial charge in [-0.25, -0.2) is 0 Å². The lowest BCUT2D eigenvalue weighted by Crippen LogP contribution is -2.33. The Morgan fingerprint density at radius 3 is 2.58 bits per heavy atom. The minimum atomic E-state index is -0.385. The van der Waals surface area contributed by atoms with Crippen molar-refractivity contribution in [3.05, 3.63) is 0 Å². The molecule has 0 spiro atoms. The van der Waals surface area contributed by atoms with Gasteiger partial charge in [-0.1, -0.05) is 6.92 Å². The lowest BCUT2D eigenvalue weighted by Gasteiger charge is -2.18. The Morgan fingerprint density at radius 2 is 2.25 bits per heavy atom. The smallest absolute Gasteiger partial charge is 0.240 e. The fraction of sp³-hybridized carbons (Fsp3) is 0.889. The predicted molar refractivity (Wildman–Crippen MR) is 50.2 cm³/mol. The molecule has 0 heterocycles. The van der Waals surface area contributed by atoms with E-state index in [-0.39, 0.29) is 11.3 Å². The summed E-state index contributed by atoms with van der Waals surface area (Å²) in [4.78, 5) is 13.0. The van der Waals surface area contributed by atoms with Crippen LogP contribution in [0.3, 0.4) is 0 Å². The van der Waals surface area contributed by atoms with Crippen LogP contribution in [0.5, 0.6) is 0 Å². The maximum Gasteiger partial charge on any atom is 0.240 e. The van der Waals surface area contributed by atoms with E-state index in [1.54, 1.807) is 11.8 Å². The highest BCUT2D eigenvalue weighted by Crippen LogP contribution is 2.38. The van der Waals surface area contributed by atoms with Crippen LogP contribution in [-0.2, 0) is 4.79 Å². The fourth-order valence-electron chi connectivity index (χ4n) is 1.40. The number of alkyl halides is 1. The van der Waals surface area contributed by atoms with Crippen molar-refractivity contribution < 1.29 is 4.79 Å². The summed E-state index contributed by atoms with van der Waals surface area (Å²) in [6, 6.07) is 0. The first kappa shape index (κ1) is 9.85. The molecule has 1 saturated carbocycles. The van der Waals surface area contributed by atoms with E-state index >= 15 is 0 Å². The van der Waals surface area contributed by atoms with Gasteiger partial charge in [-0.3, -0.25) is 4.79 Å². The molecule has 12 heavy (non-hydrogen) atoms. The van der Waals surface area contributed by atoms with Gasteiger partial charge in [0.25, 0.3) is 0 Å². The van der Waals surface area contributed by atoms with Crippen LogP contribution < -0.4 is 0 Å². The number of halogens is 1. The summed E-state index contributed by atoms with van der Waals surface area (Å²) in [6.07, 6.45) is 1.26. The SMILES string of the molecule is CC(Cl)C(=O)N(C)CC1CC1C. The van der Waals surface area contributed by atoms with Crippen LogP contribution in [-0.4, -0.2) is 29.8 Å². The van der Waals surface area contributed by atoms with Crippen molar-refractivity contribution in [1.29, 1.82) is 0 Å². The molecule has 0 aromatic rings. The van der Waals surface area contributed by atoms with Crippen LogP contribution in [0.1, 0.15) is 20.3 Å². The second kappa shape index (κ2) is 3.65. The molecule has 0 radical (unpaired) electrons. The minimum absolute atomic E-state index is 0.0377. The average molecular weight is 190 g/mol. The summed E-state index contributed by atoms with van der Waals surface area (Å²) in [7, 11) is 1.83. The Hall–Kier alpha value is -0.240. The molecule has 1 aliphatic carbocycles. The minimum Gasteiger partial charge on any atom is -0.344 e. The maximum absolute atomic E-state index is 11.3. The van der Waals surface area contributed by atoms with E-state index in [2.05, 4.69) is 6.92 Å². The topological polar surface area (TPSA) is 20.3 Å². The number of carbonyl (C=O) groups excluding carboxylic acids is 1. The van der Waals surface area contributed by atoms with Gasteiger partial charge in [0.15, 0.2) is 0 Å². The first-order chi connectivity index (χ1) is 5.52. The van der Waals surface area contributed by atoms with Crippen LogP contribution in [0.25, 0.3) is 0 Å². The standard InChI is InChI=1S/C9H16ClNO/c1-6-4-8(6)5-11(3)9(12)7(2)10/h6-8H,4-5H2,1-3H3. The first-order valence-corrected chi connectivity index (χ1v) is 4.85. The summed E-state index contributed by atoms with van der Waals surface area (Å²) in [6.45, 7) is 4.81. The van der Waals surface area contributed by atoms with Crippen molar-refractivity contribution in [3.63, 3.8) is 0 Å². The highest BCUT2D eigenvalue weighted by Gasteiger charge is 2.34. The predicted octanol–water partition coefficient (Wildman–Crippen LogP) is 1.73. The lowest BCUT2D eigenvalue weighted by atomic mass is 10.3. The molecule has 2 nitrogen and oxygen atoms in total. The van der Waals surface area contributed by atoms with Crippen LogP contribution in [0.4, 0.5) is 0 Å². The molecule has 0 aromatic carbocycles. The highest BCUT2D eigenvalue weighted by molar-refractivity contribution is 6.30. The van der Waals surface area contributed by atoms with Gasteiger partial charge in [-0.05, 0) is 25.2 Å². The van der Waals surface area contributed by atoms with Crippen LogP contribution in [0.2, 0.25) is 0 Å². The van der Waals surface area contributed by atoms with Crippen molar-refractivity contribution in [2.45, 2.75) is 25.6 Å². The number of nitrogens with zero attached hydrogens (tertiary/aromatic N) is 1. The van der Waals surface area contributed by atoms with E-state index < -0.39 is 0 Å². The molecule has 3 unspecified atom stereocenters. The van der Waals surface area contributed by atoms with Gasteiger partial charge < -0.3 is 4.90 Å². The lowest BCUT2D eigenvalue weighted by molar-refractivity contribution is -0.129. The van der Waals surface area contributed by atoms with Gasteiger partial charge in [0.05, 0.1) is 0 Å². The Labute approximate surface area is 78.9 Å². The molecule has 1 amide bonds. The Bertz CT molecular complexity index is 181. The summed E-state index contributed by atoms with van der Waals surface area (Å²) in [5, 5.41) is -0.385. The van der Waals surface area contributed by atoms with Gasteiger partial charge in [-0.2, -0.15) is 0 Å². The molecule has 1 fully saturated rings. The molecule has 0 saturated heterocycles. The Balaban J connectivity index is 2.28. The van der Waals surface area contributed by atoms with Crippen LogP contribution in [0.15, 0.2) is 0 Å². The third-order valence-corrected chi connectivity index (χ3v) is 2.69. The molecule has 0 aliphatic heterocycles. The fourth-order valence-corrected chi connectivity index (χ4v) is 1.57. The van der Waals surface area contributed by atoms with Gasteiger partial charge in [0.1, 0.15) is 5.38 Å². The van der Waals surface area contributed by atoms with Gasteiger partial charge >= 0.3 is 0 Å². The zero-order chi connectivity index (χ0) is 9.30. The second-order valence-electron chi connectivity index (χ2n) is 3.81.